The van der Waals surface area contributed by atoms with Crippen LogP contribution in [0.15, 0.2) is 57.8 Å². The van der Waals surface area contributed by atoms with Crippen molar-refractivity contribution >= 4 is 62.2 Å². The Morgan fingerprint density at radius 2 is 2.00 bits per heavy atom. The molecule has 4 N–H and O–H groups in total. The van der Waals surface area contributed by atoms with Gasteiger partial charge in [-0.2, -0.15) is 4.68 Å². The summed E-state index contributed by atoms with van der Waals surface area (Å²) in [6.45, 7) is 1.71. The highest BCUT2D eigenvalue weighted by Crippen LogP contribution is 2.34. The lowest BCUT2D eigenvalue weighted by Gasteiger charge is -2.20. The number of thioether (sulfide) groups is 1. The molecule has 2 aromatic heterocycles. The molecule has 1 aliphatic heterocycles. The minimum absolute atomic E-state index is 0.235. The Morgan fingerprint density at radius 3 is 2.76 bits per heavy atom. The number of fused-ring (bicyclic) bond motifs is 2. The summed E-state index contributed by atoms with van der Waals surface area (Å²) in [4.78, 5) is 31.6. The number of rotatable bonds is 3. The van der Waals surface area contributed by atoms with Gasteiger partial charge in [-0.15, -0.1) is 11.3 Å². The minimum atomic E-state index is -0.348. The summed E-state index contributed by atoms with van der Waals surface area (Å²) in [5.74, 6) is -0.851. The largest absolute Gasteiger partial charge is 0.504 e. The molecule has 33 heavy (non-hydrogen) atoms. The summed E-state index contributed by atoms with van der Waals surface area (Å²) in [5, 5.41) is 25.2. The normalized spacial score (nSPS) is 12.7. The SMILES string of the molecule is Cc1c(C(=O)Nc2cccc(Cl)c2)sc2nc3n(c(=O)c12)NC(c1ccc(O)c(O)c1)=CS3. The van der Waals surface area contributed by atoms with Crippen LogP contribution in [0.4, 0.5) is 5.69 Å². The Labute approximate surface area is 200 Å². The number of carbonyl (C=O) groups is 1. The molecule has 0 unspecified atom stereocenters. The van der Waals surface area contributed by atoms with Crippen LogP contribution in [0.25, 0.3) is 15.9 Å². The fraction of sp³-hybridized carbons (Fsp3) is 0.0455. The van der Waals surface area contributed by atoms with Crippen molar-refractivity contribution in [3.63, 3.8) is 0 Å². The summed E-state index contributed by atoms with van der Waals surface area (Å²) in [5.41, 5.74) is 4.89. The summed E-state index contributed by atoms with van der Waals surface area (Å²) >= 11 is 8.38. The molecule has 11 heteroatoms. The molecule has 2 aromatic carbocycles. The molecule has 0 spiro atoms. The predicted octanol–water partition coefficient (Wildman–Crippen LogP) is 4.73. The highest BCUT2D eigenvalue weighted by molar-refractivity contribution is 8.02. The number of aromatic hydroxyl groups is 2. The zero-order valence-corrected chi connectivity index (χ0v) is 19.3. The second-order valence-corrected chi connectivity index (χ2v) is 9.47. The van der Waals surface area contributed by atoms with E-state index in [0.717, 1.165) is 11.3 Å². The molecule has 3 heterocycles. The van der Waals surface area contributed by atoms with E-state index in [1.807, 2.05) is 0 Å². The lowest BCUT2D eigenvalue weighted by atomic mass is 10.1. The molecule has 1 amide bonds. The van der Waals surface area contributed by atoms with Crippen LogP contribution in [0.3, 0.4) is 0 Å². The number of hydrogen-bond acceptors (Lipinski definition) is 8. The number of amides is 1. The van der Waals surface area contributed by atoms with Crippen LogP contribution in [0.2, 0.25) is 5.02 Å². The maximum absolute atomic E-state index is 13.3. The van der Waals surface area contributed by atoms with E-state index in [-0.39, 0.29) is 23.0 Å². The van der Waals surface area contributed by atoms with E-state index >= 15 is 0 Å². The van der Waals surface area contributed by atoms with Gasteiger partial charge in [0.15, 0.2) is 16.7 Å². The molecule has 166 valence electrons. The average Bonchev–Trinajstić information content (AvgIpc) is 3.12. The summed E-state index contributed by atoms with van der Waals surface area (Å²) < 4.78 is 1.31. The van der Waals surface area contributed by atoms with Gasteiger partial charge in [0.25, 0.3) is 11.5 Å². The molecule has 0 fully saturated rings. The van der Waals surface area contributed by atoms with E-state index in [2.05, 4.69) is 15.7 Å². The monoisotopic (exact) mass is 498 g/mol. The van der Waals surface area contributed by atoms with Gasteiger partial charge in [0, 0.05) is 21.7 Å². The van der Waals surface area contributed by atoms with Crippen molar-refractivity contribution in [1.82, 2.24) is 9.66 Å². The number of phenolic OH excluding ortho intramolecular Hbond substituents is 2. The number of benzene rings is 2. The average molecular weight is 499 g/mol. The van der Waals surface area contributed by atoms with Crippen LogP contribution in [0.1, 0.15) is 20.8 Å². The number of phenols is 2. The number of hydrogen-bond donors (Lipinski definition) is 4. The number of halogens is 1. The van der Waals surface area contributed by atoms with Crippen LogP contribution >= 0.6 is 34.7 Å². The van der Waals surface area contributed by atoms with Crippen LogP contribution in [-0.2, 0) is 0 Å². The lowest BCUT2D eigenvalue weighted by Crippen LogP contribution is -2.32. The first kappa shape index (κ1) is 21.4. The Hall–Kier alpha value is -3.47. The number of aromatic nitrogens is 2. The summed E-state index contributed by atoms with van der Waals surface area (Å²) in [7, 11) is 0. The third-order valence-electron chi connectivity index (χ3n) is 5.02. The second-order valence-electron chi connectivity index (χ2n) is 7.20. The fourth-order valence-corrected chi connectivity index (χ4v) is 5.50. The Kier molecular flexibility index (Phi) is 5.28. The van der Waals surface area contributed by atoms with E-state index < -0.39 is 0 Å². The third-order valence-corrected chi connectivity index (χ3v) is 7.28. The molecule has 0 radical (unpaired) electrons. The molecule has 0 saturated carbocycles. The van der Waals surface area contributed by atoms with Crippen molar-refractivity contribution in [2.24, 2.45) is 0 Å². The van der Waals surface area contributed by atoms with Crippen LogP contribution in [-0.4, -0.2) is 25.8 Å². The molecule has 0 atom stereocenters. The molecular weight excluding hydrogens is 484 g/mol. The van der Waals surface area contributed by atoms with E-state index in [4.69, 9.17) is 11.6 Å². The smallest absolute Gasteiger partial charge is 0.282 e. The topological polar surface area (TPSA) is 116 Å². The summed E-state index contributed by atoms with van der Waals surface area (Å²) in [6, 6.07) is 11.2. The van der Waals surface area contributed by atoms with Crippen molar-refractivity contribution in [3.8, 4) is 11.5 Å². The van der Waals surface area contributed by atoms with Crippen molar-refractivity contribution < 1.29 is 15.0 Å². The first-order chi connectivity index (χ1) is 15.8. The number of nitrogens with one attached hydrogen (secondary N) is 2. The Balaban J connectivity index is 1.51. The number of anilines is 1. The fourth-order valence-electron chi connectivity index (χ4n) is 3.39. The molecular formula is C22H15ClN4O4S2. The first-order valence-electron chi connectivity index (χ1n) is 9.61. The quantitative estimate of drug-likeness (QED) is 0.238. The van der Waals surface area contributed by atoms with Gasteiger partial charge in [0.2, 0.25) is 0 Å². The zero-order chi connectivity index (χ0) is 23.3. The van der Waals surface area contributed by atoms with Gasteiger partial charge in [-0.1, -0.05) is 29.4 Å². The highest BCUT2D eigenvalue weighted by atomic mass is 35.5. The molecule has 0 bridgehead atoms. The third kappa shape index (κ3) is 3.82. The van der Waals surface area contributed by atoms with Gasteiger partial charge >= 0.3 is 0 Å². The first-order valence-corrected chi connectivity index (χ1v) is 11.7. The maximum atomic E-state index is 13.3. The Morgan fingerprint density at radius 1 is 1.18 bits per heavy atom. The van der Waals surface area contributed by atoms with Gasteiger partial charge in [0.05, 0.1) is 16.0 Å². The maximum Gasteiger partial charge on any atom is 0.282 e. The number of thiophene rings is 1. The van der Waals surface area contributed by atoms with E-state index in [1.165, 1.54) is 28.6 Å². The van der Waals surface area contributed by atoms with E-state index in [1.54, 1.807) is 42.7 Å². The van der Waals surface area contributed by atoms with Gasteiger partial charge in [-0.3, -0.25) is 15.0 Å². The van der Waals surface area contributed by atoms with Crippen LogP contribution in [0, 0.1) is 6.92 Å². The van der Waals surface area contributed by atoms with Gasteiger partial charge < -0.3 is 15.5 Å². The highest BCUT2D eigenvalue weighted by Gasteiger charge is 2.24. The molecule has 4 aromatic rings. The lowest BCUT2D eigenvalue weighted by molar-refractivity contribution is 0.103. The molecule has 8 nitrogen and oxygen atoms in total. The molecule has 1 aliphatic rings. The second kappa shape index (κ2) is 8.14. The van der Waals surface area contributed by atoms with Crippen molar-refractivity contribution in [2.75, 3.05) is 10.7 Å². The van der Waals surface area contributed by atoms with Crippen molar-refractivity contribution in [1.29, 1.82) is 0 Å². The Bertz CT molecular complexity index is 1540. The van der Waals surface area contributed by atoms with Crippen LogP contribution in [0.5, 0.6) is 11.5 Å². The predicted molar refractivity (Wildman–Crippen MR) is 131 cm³/mol. The van der Waals surface area contributed by atoms with Crippen LogP contribution < -0.4 is 16.3 Å². The minimum Gasteiger partial charge on any atom is -0.504 e. The number of carbonyl (C=O) groups excluding carboxylic acids is 1. The molecule has 0 aliphatic carbocycles. The van der Waals surface area contributed by atoms with Gasteiger partial charge in [0.1, 0.15) is 4.83 Å². The zero-order valence-electron chi connectivity index (χ0n) is 16.9. The van der Waals surface area contributed by atoms with Crippen molar-refractivity contribution in [3.05, 3.63) is 79.3 Å². The number of aryl methyl sites for hydroxylation is 1. The molecule has 0 saturated heterocycles. The van der Waals surface area contributed by atoms with Gasteiger partial charge in [-0.05, 0) is 48.9 Å². The molecule has 5 rings (SSSR count). The summed E-state index contributed by atoms with van der Waals surface area (Å²) in [6.07, 6.45) is 0. The van der Waals surface area contributed by atoms with Gasteiger partial charge in [-0.25, -0.2) is 4.98 Å². The standard InChI is InChI=1S/C22H15ClN4O4S2/c1-10-17-20(33-18(10)19(30)24-13-4-2-3-12(23)8-13)25-22-27(21(17)31)26-14(9-32-22)11-5-6-15(28)16(29)7-11/h2-9,26,28-29H,1H3,(H,24,30). The van der Waals surface area contributed by atoms with Crippen molar-refractivity contribution in [2.45, 2.75) is 12.1 Å². The van der Waals surface area contributed by atoms with E-state index in [0.29, 0.717) is 47.8 Å². The van der Waals surface area contributed by atoms with E-state index in [9.17, 15) is 19.8 Å². The number of nitrogens with zero attached hydrogens (tertiary/aromatic N) is 2.